The highest BCUT2D eigenvalue weighted by Crippen LogP contribution is 2.29. The standard InChI is InChI=1S/C18H22F3N3OS/c1-5-6-10-24-16(26-15(23-24)17(2,3)4)22-14(25)12-8-7-9-13(11-12)18(19,20)21/h7-9,11H,5-6,10H2,1-4H3. The predicted molar refractivity (Wildman–Crippen MR) is 95.0 cm³/mol. The van der Waals surface area contributed by atoms with Crippen LogP contribution >= 0.6 is 11.3 Å². The van der Waals surface area contributed by atoms with E-state index in [0.717, 1.165) is 30.0 Å². The molecule has 0 aliphatic rings. The third kappa shape index (κ3) is 5.03. The van der Waals surface area contributed by atoms with E-state index in [9.17, 15) is 18.0 Å². The highest BCUT2D eigenvalue weighted by atomic mass is 32.1. The van der Waals surface area contributed by atoms with Crippen LogP contribution in [0.4, 0.5) is 13.2 Å². The van der Waals surface area contributed by atoms with Crippen molar-refractivity contribution >= 4 is 17.2 Å². The van der Waals surface area contributed by atoms with Gasteiger partial charge in [0.15, 0.2) is 0 Å². The Balaban J connectivity index is 2.45. The van der Waals surface area contributed by atoms with Crippen LogP contribution in [0.5, 0.6) is 0 Å². The molecular formula is C18H22F3N3OS. The number of carbonyl (C=O) groups is 1. The molecule has 1 heterocycles. The van der Waals surface area contributed by atoms with Crippen LogP contribution in [0.3, 0.4) is 0 Å². The Morgan fingerprint density at radius 2 is 1.96 bits per heavy atom. The summed E-state index contributed by atoms with van der Waals surface area (Å²) in [7, 11) is 0. The van der Waals surface area contributed by atoms with Gasteiger partial charge in [-0.15, -0.1) is 0 Å². The normalized spacial score (nSPS) is 13.3. The molecule has 0 fully saturated rings. The van der Waals surface area contributed by atoms with E-state index in [1.54, 1.807) is 4.68 Å². The van der Waals surface area contributed by atoms with E-state index in [1.807, 2.05) is 27.7 Å². The molecular weight excluding hydrogens is 363 g/mol. The number of carbonyl (C=O) groups excluding carboxylic acids is 1. The zero-order chi connectivity index (χ0) is 19.5. The Bertz CT molecular complexity index is 844. The summed E-state index contributed by atoms with van der Waals surface area (Å²) in [4.78, 5) is 16.9. The average molecular weight is 385 g/mol. The van der Waals surface area contributed by atoms with Gasteiger partial charge in [0.1, 0.15) is 5.01 Å². The van der Waals surface area contributed by atoms with Gasteiger partial charge in [-0.05, 0) is 24.6 Å². The van der Waals surface area contributed by atoms with Gasteiger partial charge in [0.2, 0.25) is 4.80 Å². The maximum Gasteiger partial charge on any atom is 0.416 e. The number of hydrogen-bond donors (Lipinski definition) is 0. The molecule has 0 bridgehead atoms. The van der Waals surface area contributed by atoms with Crippen molar-refractivity contribution in [3.05, 3.63) is 45.2 Å². The number of nitrogens with zero attached hydrogens (tertiary/aromatic N) is 3. The number of hydrogen-bond acceptors (Lipinski definition) is 3. The number of aryl methyl sites for hydroxylation is 1. The minimum Gasteiger partial charge on any atom is -0.267 e. The number of aromatic nitrogens is 2. The first-order valence-electron chi connectivity index (χ1n) is 8.37. The average Bonchev–Trinajstić information content (AvgIpc) is 2.95. The lowest BCUT2D eigenvalue weighted by molar-refractivity contribution is -0.137. The third-order valence-corrected chi connectivity index (χ3v) is 4.99. The first-order chi connectivity index (χ1) is 12.0. The van der Waals surface area contributed by atoms with Crippen LogP contribution in [0.15, 0.2) is 29.3 Å². The number of rotatable bonds is 4. The van der Waals surface area contributed by atoms with E-state index in [0.29, 0.717) is 11.3 Å². The van der Waals surface area contributed by atoms with Crippen LogP contribution in [-0.2, 0) is 18.1 Å². The number of unbranched alkanes of at least 4 members (excludes halogenated alkanes) is 1. The molecule has 4 nitrogen and oxygen atoms in total. The summed E-state index contributed by atoms with van der Waals surface area (Å²) < 4.78 is 40.2. The second-order valence-electron chi connectivity index (χ2n) is 7.01. The summed E-state index contributed by atoms with van der Waals surface area (Å²) in [5, 5.41) is 5.36. The molecule has 0 atom stereocenters. The molecule has 1 aromatic carbocycles. The fraction of sp³-hybridized carbons (Fsp3) is 0.500. The lowest BCUT2D eigenvalue weighted by Crippen LogP contribution is -2.19. The number of benzene rings is 1. The Morgan fingerprint density at radius 3 is 2.54 bits per heavy atom. The lowest BCUT2D eigenvalue weighted by Gasteiger charge is -2.12. The van der Waals surface area contributed by atoms with Crippen molar-refractivity contribution in [2.24, 2.45) is 4.99 Å². The molecule has 1 amide bonds. The molecule has 26 heavy (non-hydrogen) atoms. The van der Waals surface area contributed by atoms with Crippen molar-refractivity contribution in [3.63, 3.8) is 0 Å². The van der Waals surface area contributed by atoms with Gasteiger partial charge in [-0.2, -0.15) is 23.3 Å². The van der Waals surface area contributed by atoms with Crippen LogP contribution in [0.25, 0.3) is 0 Å². The van der Waals surface area contributed by atoms with E-state index < -0.39 is 17.6 Å². The van der Waals surface area contributed by atoms with Gasteiger partial charge in [0.25, 0.3) is 5.91 Å². The van der Waals surface area contributed by atoms with Crippen LogP contribution in [-0.4, -0.2) is 15.7 Å². The Labute approximate surface area is 154 Å². The summed E-state index contributed by atoms with van der Waals surface area (Å²) in [5.41, 5.74) is -1.16. The minimum atomic E-state index is -4.50. The van der Waals surface area contributed by atoms with Gasteiger partial charge >= 0.3 is 6.18 Å². The molecule has 0 radical (unpaired) electrons. The monoisotopic (exact) mass is 385 g/mol. The Morgan fingerprint density at radius 1 is 1.27 bits per heavy atom. The van der Waals surface area contributed by atoms with E-state index >= 15 is 0 Å². The zero-order valence-corrected chi connectivity index (χ0v) is 16.0. The zero-order valence-electron chi connectivity index (χ0n) is 15.2. The fourth-order valence-electron chi connectivity index (χ4n) is 2.13. The maximum atomic E-state index is 12.8. The smallest absolute Gasteiger partial charge is 0.267 e. The molecule has 1 aromatic heterocycles. The van der Waals surface area contributed by atoms with Crippen molar-refractivity contribution in [2.45, 2.75) is 58.7 Å². The SMILES string of the molecule is CCCCn1nc(C(C)(C)C)sc1=NC(=O)c1cccc(C(F)(F)F)c1. The minimum absolute atomic E-state index is 0.0902. The van der Waals surface area contributed by atoms with Crippen LogP contribution in [0, 0.1) is 0 Å². The van der Waals surface area contributed by atoms with Crippen molar-refractivity contribution in [3.8, 4) is 0 Å². The molecule has 0 unspecified atom stereocenters. The molecule has 8 heteroatoms. The first kappa shape index (κ1) is 20.4. The van der Waals surface area contributed by atoms with Gasteiger partial charge in [-0.1, -0.05) is 51.5 Å². The fourth-order valence-corrected chi connectivity index (χ4v) is 3.11. The number of alkyl halides is 3. The quantitative estimate of drug-likeness (QED) is 0.759. The van der Waals surface area contributed by atoms with E-state index in [2.05, 4.69) is 10.1 Å². The molecule has 0 N–H and O–H groups in total. The topological polar surface area (TPSA) is 47.2 Å². The lowest BCUT2D eigenvalue weighted by atomic mass is 9.98. The van der Waals surface area contributed by atoms with Gasteiger partial charge < -0.3 is 0 Å². The second-order valence-corrected chi connectivity index (χ2v) is 7.97. The molecule has 0 saturated carbocycles. The van der Waals surface area contributed by atoms with Gasteiger partial charge in [0.05, 0.1) is 5.56 Å². The molecule has 142 valence electrons. The third-order valence-electron chi connectivity index (χ3n) is 3.62. The summed E-state index contributed by atoms with van der Waals surface area (Å²) in [6.45, 7) is 8.68. The van der Waals surface area contributed by atoms with Gasteiger partial charge in [-0.3, -0.25) is 4.79 Å². The largest absolute Gasteiger partial charge is 0.416 e. The molecule has 0 aliphatic carbocycles. The van der Waals surface area contributed by atoms with E-state index in [1.165, 1.54) is 23.5 Å². The Kier molecular flexibility index (Phi) is 6.05. The van der Waals surface area contributed by atoms with Crippen molar-refractivity contribution < 1.29 is 18.0 Å². The predicted octanol–water partition coefficient (Wildman–Crippen LogP) is 4.80. The second kappa shape index (κ2) is 7.73. The molecule has 0 saturated heterocycles. The maximum absolute atomic E-state index is 12.8. The van der Waals surface area contributed by atoms with E-state index in [-0.39, 0.29) is 11.0 Å². The molecule has 2 aromatic rings. The number of halogens is 3. The Hall–Kier alpha value is -1.96. The van der Waals surface area contributed by atoms with E-state index in [4.69, 9.17) is 0 Å². The van der Waals surface area contributed by atoms with Gasteiger partial charge in [0, 0.05) is 17.5 Å². The summed E-state index contributed by atoms with van der Waals surface area (Å²) in [6, 6.07) is 4.31. The van der Waals surface area contributed by atoms with Crippen molar-refractivity contribution in [1.29, 1.82) is 0 Å². The van der Waals surface area contributed by atoms with Crippen LogP contribution in [0.1, 0.15) is 61.5 Å². The van der Waals surface area contributed by atoms with Crippen LogP contribution in [0.2, 0.25) is 0 Å². The van der Waals surface area contributed by atoms with Crippen molar-refractivity contribution in [1.82, 2.24) is 9.78 Å². The highest BCUT2D eigenvalue weighted by molar-refractivity contribution is 7.09. The first-order valence-corrected chi connectivity index (χ1v) is 9.18. The summed E-state index contributed by atoms with van der Waals surface area (Å²) in [6.07, 6.45) is -2.67. The van der Waals surface area contributed by atoms with Gasteiger partial charge in [-0.25, -0.2) is 4.68 Å². The number of amides is 1. The van der Waals surface area contributed by atoms with Crippen LogP contribution < -0.4 is 4.80 Å². The summed E-state index contributed by atoms with van der Waals surface area (Å²) >= 11 is 1.29. The molecule has 2 rings (SSSR count). The highest BCUT2D eigenvalue weighted by Gasteiger charge is 2.31. The summed E-state index contributed by atoms with van der Waals surface area (Å²) in [5.74, 6) is -0.703. The van der Waals surface area contributed by atoms with Crippen molar-refractivity contribution in [2.75, 3.05) is 0 Å². The molecule has 0 spiro atoms. The molecule has 0 aliphatic heterocycles.